The Kier molecular flexibility index (Phi) is 22.3. The molecule has 3 saturated heterocycles. The maximum Gasteiger partial charge on any atom is 0.410 e. The fourth-order valence-electron chi connectivity index (χ4n) is 18.5. The highest BCUT2D eigenvalue weighted by molar-refractivity contribution is 5.89. The Morgan fingerprint density at radius 2 is 0.910 bits per heavy atom. The van der Waals surface area contributed by atoms with E-state index in [1.165, 1.54) is 61.9 Å². The normalized spacial score (nSPS) is 29.8. The number of aliphatic carboxylic acids is 1. The molecule has 9 aliphatic carbocycles. The molecule has 6 N–H and O–H groups in total. The number of carboxylic acid groups (broad SMARTS) is 1. The molecule has 12 fully saturated rings. The van der Waals surface area contributed by atoms with Crippen molar-refractivity contribution < 1.29 is 62.3 Å². The second-order valence-corrected chi connectivity index (χ2v) is 38.7. The number of nitrogens with two attached hydrogens (primary N) is 1. The number of carboxylic acids is 1. The average molecular weight is 1530 g/mol. The quantitative estimate of drug-likeness (QED) is 0.0179. The monoisotopic (exact) mass is 1530 g/mol. The Morgan fingerprint density at radius 3 is 1.30 bits per heavy atom. The van der Waals surface area contributed by atoms with Crippen LogP contribution in [-0.4, -0.2) is 186 Å². The number of amides is 4. The van der Waals surface area contributed by atoms with E-state index in [2.05, 4.69) is 92.8 Å². The fourth-order valence-corrected chi connectivity index (χ4v) is 18.5. The van der Waals surface area contributed by atoms with Crippen LogP contribution in [0.2, 0.25) is 0 Å². The zero-order valence-corrected chi connectivity index (χ0v) is 67.3. The van der Waals surface area contributed by atoms with E-state index in [0.717, 1.165) is 94.6 Å². The van der Waals surface area contributed by atoms with Crippen molar-refractivity contribution in [3.05, 3.63) is 131 Å². The van der Waals surface area contributed by atoms with E-state index in [-0.39, 0.29) is 65.0 Å². The number of nitrogens with one attached hydrogen (secondary N) is 2. The minimum Gasteiger partial charge on any atom is -0.481 e. The number of oxime groups is 1. The van der Waals surface area contributed by atoms with Crippen molar-refractivity contribution in [2.45, 2.75) is 260 Å². The van der Waals surface area contributed by atoms with E-state index in [1.54, 1.807) is 9.80 Å². The van der Waals surface area contributed by atoms with Crippen molar-refractivity contribution in [1.82, 2.24) is 50.5 Å². The second kappa shape index (κ2) is 31.2. The van der Waals surface area contributed by atoms with Gasteiger partial charge in [-0.2, -0.15) is 9.97 Å². The highest BCUT2D eigenvalue weighted by atomic mass is 16.6. The average Bonchev–Trinajstić information content (AvgIpc) is 1.57. The molecule has 602 valence electrons. The lowest BCUT2D eigenvalue weighted by Crippen LogP contribution is -2.45. The van der Waals surface area contributed by atoms with Gasteiger partial charge in [0.05, 0.1) is 11.3 Å². The number of amidine groups is 1. The summed E-state index contributed by atoms with van der Waals surface area (Å²) in [6.45, 7) is 29.6. The molecule has 17 rings (SSSR count). The molecule has 25 heteroatoms. The summed E-state index contributed by atoms with van der Waals surface area (Å²) in [5, 5.41) is 37.4. The molecule has 15 atom stereocenters. The summed E-state index contributed by atoms with van der Waals surface area (Å²) in [6, 6.07) is 32.3. The van der Waals surface area contributed by atoms with Crippen LogP contribution in [0.25, 0.3) is 0 Å². The van der Waals surface area contributed by atoms with Gasteiger partial charge < -0.3 is 74.3 Å². The lowest BCUT2D eigenvalue weighted by molar-refractivity contribution is -0.141. The number of carbonyl (C=O) groups excluding carboxylic acids is 4. The number of nitrogens with zero attached hydrogens (tertiary/aromatic N) is 9. The zero-order chi connectivity index (χ0) is 78.7. The predicted octanol–water partition coefficient (Wildman–Crippen LogP) is 14.5. The van der Waals surface area contributed by atoms with Gasteiger partial charge in [-0.15, -0.1) is 0 Å². The van der Waals surface area contributed by atoms with Crippen LogP contribution in [0.5, 0.6) is 0 Å². The molecule has 5 heterocycles. The summed E-state index contributed by atoms with van der Waals surface area (Å²) in [7, 11) is 0. The number of hydrogen-bond acceptors (Lipinski definition) is 19. The summed E-state index contributed by atoms with van der Waals surface area (Å²) in [5.74, 6) is 7.68. The molecule has 2 aromatic heterocycles. The fraction of sp³-hybridized carbons (Fsp3) is 0.674. The Morgan fingerprint density at radius 1 is 0.523 bits per heavy atom. The molecular weight excluding hydrogens is 1410 g/mol. The van der Waals surface area contributed by atoms with Gasteiger partial charge in [-0.05, 0) is 245 Å². The zero-order valence-electron chi connectivity index (χ0n) is 67.3. The van der Waals surface area contributed by atoms with Gasteiger partial charge in [-0.3, -0.25) is 4.79 Å². The number of ether oxygens (including phenoxy) is 4. The van der Waals surface area contributed by atoms with Crippen molar-refractivity contribution in [1.29, 1.82) is 0 Å². The summed E-state index contributed by atoms with van der Waals surface area (Å²) in [6.07, 6.45) is 13.5. The first-order valence-corrected chi connectivity index (χ1v) is 41.1. The number of rotatable bonds is 18. The summed E-state index contributed by atoms with van der Waals surface area (Å²) < 4.78 is 34.0. The molecule has 3 aliphatic heterocycles. The number of fused-ring (bicyclic) bond motifs is 3. The van der Waals surface area contributed by atoms with E-state index in [1.807, 2.05) is 117 Å². The number of benzene rings is 3. The third-order valence-electron chi connectivity index (χ3n) is 25.2. The Labute approximate surface area is 654 Å². The van der Waals surface area contributed by atoms with E-state index < -0.39 is 33.8 Å². The minimum absolute atomic E-state index is 0.0983. The van der Waals surface area contributed by atoms with Gasteiger partial charge in [0.25, 0.3) is 0 Å². The molecule has 3 unspecified atom stereocenters. The summed E-state index contributed by atoms with van der Waals surface area (Å²) >= 11 is 0. The van der Waals surface area contributed by atoms with Gasteiger partial charge in [-0.1, -0.05) is 106 Å². The number of carbonyl (C=O) groups is 5. The smallest absolute Gasteiger partial charge is 0.410 e. The number of likely N-dealkylation sites (tertiary alicyclic amines) is 2. The largest absolute Gasteiger partial charge is 0.481 e. The van der Waals surface area contributed by atoms with Crippen LogP contribution in [0, 0.1) is 46.8 Å². The third-order valence-corrected chi connectivity index (χ3v) is 25.2. The molecular formula is C86H120N12O13. The van der Waals surface area contributed by atoms with Crippen LogP contribution in [0.4, 0.5) is 19.2 Å². The van der Waals surface area contributed by atoms with Crippen LogP contribution in [-0.2, 0) is 34.6 Å². The van der Waals surface area contributed by atoms with Crippen LogP contribution < -0.4 is 16.4 Å². The molecule has 3 aromatic carbocycles. The lowest BCUT2D eigenvalue weighted by atomic mass is 10.0. The van der Waals surface area contributed by atoms with Crippen molar-refractivity contribution in [3.8, 4) is 0 Å². The van der Waals surface area contributed by atoms with Gasteiger partial charge in [0, 0.05) is 104 Å². The highest BCUT2D eigenvalue weighted by Crippen LogP contribution is 2.56. The maximum absolute atomic E-state index is 13.4. The Balaban J connectivity index is 0.000000129. The van der Waals surface area contributed by atoms with Gasteiger partial charge in [0.1, 0.15) is 28.2 Å². The Hall–Kier alpha value is -8.32. The van der Waals surface area contributed by atoms with Crippen LogP contribution in [0.3, 0.4) is 0 Å². The summed E-state index contributed by atoms with van der Waals surface area (Å²) in [4.78, 5) is 78.7. The first-order valence-electron chi connectivity index (χ1n) is 41.1. The SMILES string of the molecule is CC(C)(C)OC(=O)N(CC1(C(N)=NO)CC1)[C@@H]1C[C@H]1c1ccccc1.CC(C)(C)OC(=O)N1C[C@H]2CC(C(=O)O)C[C@H]2C1.CC(C)(C)OC(=O)N1C[C@H]2CC(c3nc(C4(CN(C(=O)OC(C)(C)C)[C@@H]5C[C@H]5c5ccccc5)CC4)no3)C[C@H]2C1.c1ccc([C@@H]2C[C@H]2NCC2(c3noc(C4C[C@H]5CNC[C@H]5C4)n3)CC2)cc1. The number of aromatic nitrogens is 4. The summed E-state index contributed by atoms with van der Waals surface area (Å²) in [5.41, 5.74) is 7.17. The van der Waals surface area contributed by atoms with Crippen LogP contribution in [0.15, 0.2) is 105 Å². The Bertz CT molecular complexity index is 4070. The maximum atomic E-state index is 13.4. The predicted molar refractivity (Wildman–Crippen MR) is 416 cm³/mol. The minimum atomic E-state index is -0.701. The lowest BCUT2D eigenvalue weighted by Gasteiger charge is -2.30. The standard InChI is InChI=1S/C32H44N4O5.C22H28N4O.C19H27N3O3.C13H21NO4/c1-30(2,3)39-28(37)35-17-22-14-21(15-23(22)18-35)26-33-27(34-41-26)32(12-13-32)19-36(29(38)40-31(4,5)6)25-16-24(25)20-10-8-7-9-11-20;1-2-4-14(5-3-1)18-10-19(18)24-13-22(6-7-22)21-25-20(27-26-21)15-8-16-11-23-12-17(16)9-15;1-18(2,3)25-17(23)22(12-19(9-10-19)16(20)21-24)15-11-14(15)13-7-5-4-6-8-13;1-13(2,3)18-12(17)14-6-9-4-8(11(15)16)5-10(9)7-14/h7-11,21-25H,12-19H2,1-6H3;1-5,15-19,23-24H,6-13H2;4-8,14-15,24H,9-12H2,1-3H3,(H2,20,21);8-10H,4-7H2,1-3H3,(H,15,16)/t21?,22-,23+,24-,25+;15?,16-,17+,18-,19+;14-,15+;8?,9-,10+/m000./s1. The van der Waals surface area contributed by atoms with Gasteiger partial charge in [0.15, 0.2) is 11.6 Å². The molecule has 9 saturated carbocycles. The van der Waals surface area contributed by atoms with E-state index in [4.69, 9.17) is 54.0 Å². The van der Waals surface area contributed by atoms with E-state index in [0.29, 0.717) is 104 Å². The molecule has 0 radical (unpaired) electrons. The molecule has 12 aliphatic rings. The molecule has 0 bridgehead atoms. The second-order valence-electron chi connectivity index (χ2n) is 38.7. The van der Waals surface area contributed by atoms with Crippen LogP contribution >= 0.6 is 0 Å². The molecule has 111 heavy (non-hydrogen) atoms. The number of hydrogen-bond donors (Lipinski definition) is 5. The van der Waals surface area contributed by atoms with Crippen molar-refractivity contribution >= 4 is 36.2 Å². The van der Waals surface area contributed by atoms with Crippen molar-refractivity contribution in [3.63, 3.8) is 0 Å². The van der Waals surface area contributed by atoms with Gasteiger partial charge in [-0.25, -0.2) is 19.2 Å². The molecule has 25 nitrogen and oxygen atoms in total. The van der Waals surface area contributed by atoms with E-state index in [9.17, 15) is 24.0 Å². The first-order chi connectivity index (χ1) is 52.6. The topological polar surface area (TPSA) is 316 Å². The van der Waals surface area contributed by atoms with Gasteiger partial charge in [0.2, 0.25) is 11.8 Å². The van der Waals surface area contributed by atoms with Crippen molar-refractivity contribution in [2.75, 3.05) is 58.9 Å². The first kappa shape index (κ1) is 79.3. The molecule has 4 amide bonds. The third kappa shape index (κ3) is 19.3. The molecule has 5 aromatic rings. The molecule has 0 spiro atoms. The highest BCUT2D eigenvalue weighted by Gasteiger charge is 2.58. The van der Waals surface area contributed by atoms with Gasteiger partial charge >= 0.3 is 30.3 Å². The van der Waals surface area contributed by atoms with Crippen molar-refractivity contribution in [2.24, 2.45) is 57.7 Å². The van der Waals surface area contributed by atoms with E-state index >= 15 is 0 Å². The van der Waals surface area contributed by atoms with Crippen LogP contribution in [0.1, 0.15) is 249 Å².